The van der Waals surface area contributed by atoms with Gasteiger partial charge < -0.3 is 4.74 Å². The Kier molecular flexibility index (Phi) is 7.01. The van der Waals surface area contributed by atoms with Gasteiger partial charge in [0.15, 0.2) is 0 Å². The second-order valence-electron chi connectivity index (χ2n) is 6.56. The summed E-state index contributed by atoms with van der Waals surface area (Å²) in [7, 11) is 0. The summed E-state index contributed by atoms with van der Waals surface area (Å²) in [6.07, 6.45) is 4.27. The Labute approximate surface area is 166 Å². The van der Waals surface area contributed by atoms with Crippen LogP contribution in [0.1, 0.15) is 36.6 Å². The predicted octanol–water partition coefficient (Wildman–Crippen LogP) is 6.56. The molecular weight excluding hydrogens is 348 g/mol. The average molecular weight is 374 g/mol. The highest BCUT2D eigenvalue weighted by Crippen LogP contribution is 2.25. The van der Waals surface area contributed by atoms with Crippen molar-refractivity contribution in [1.29, 1.82) is 0 Å². The van der Waals surface area contributed by atoms with Crippen LogP contribution < -0.4 is 4.74 Å². The van der Waals surface area contributed by atoms with Crippen LogP contribution in [0, 0.1) is 0 Å². The van der Waals surface area contributed by atoms with E-state index < -0.39 is 6.10 Å². The molecule has 0 bridgehead atoms. The molecule has 0 aliphatic carbocycles. The smallest absolute Gasteiger partial charge is 0.136 e. The zero-order valence-electron chi connectivity index (χ0n) is 16.3. The number of benzene rings is 3. The molecule has 3 nitrogen and oxygen atoms in total. The molecule has 0 amide bonds. The summed E-state index contributed by atoms with van der Waals surface area (Å²) in [4.78, 5) is 4.68. The molecule has 0 aromatic heterocycles. The first kappa shape index (κ1) is 19.9. The number of hydrogen-bond acceptors (Lipinski definition) is 3. The predicted molar refractivity (Wildman–Crippen MR) is 114 cm³/mol. The summed E-state index contributed by atoms with van der Waals surface area (Å²) < 4.78 is 5.45. The molecule has 0 aliphatic heterocycles. The van der Waals surface area contributed by atoms with Crippen molar-refractivity contribution >= 4 is 6.08 Å². The van der Waals surface area contributed by atoms with Crippen molar-refractivity contribution in [2.24, 2.45) is 0 Å². The highest BCUT2D eigenvalue weighted by Gasteiger charge is 2.09. The van der Waals surface area contributed by atoms with E-state index in [9.17, 15) is 5.26 Å². The van der Waals surface area contributed by atoms with Crippen molar-refractivity contribution in [3.05, 3.63) is 95.6 Å². The summed E-state index contributed by atoms with van der Waals surface area (Å²) in [5.41, 5.74) is 5.54. The van der Waals surface area contributed by atoms with Crippen molar-refractivity contribution in [2.45, 2.75) is 26.4 Å². The largest absolute Gasteiger partial charge is 0.494 e. The molecule has 3 aromatic carbocycles. The number of ether oxygens (including phenoxy) is 1. The molecule has 3 heteroatoms. The molecule has 0 radical (unpaired) electrons. The zero-order chi connectivity index (χ0) is 19.8. The van der Waals surface area contributed by atoms with Crippen LogP contribution in [0.3, 0.4) is 0 Å². The van der Waals surface area contributed by atoms with Crippen LogP contribution in [0.15, 0.2) is 78.9 Å². The fraction of sp³-hybridized carbons (Fsp3) is 0.200. The Bertz CT molecular complexity index is 879. The maximum absolute atomic E-state index is 9.34. The highest BCUT2D eigenvalue weighted by atomic mass is 17.1. The molecule has 0 heterocycles. The molecule has 28 heavy (non-hydrogen) atoms. The van der Waals surface area contributed by atoms with E-state index in [2.05, 4.69) is 36.1 Å². The van der Waals surface area contributed by atoms with E-state index in [0.717, 1.165) is 28.9 Å². The Morgan fingerprint density at radius 2 is 1.43 bits per heavy atom. The third kappa shape index (κ3) is 5.10. The molecular formula is C25H26O3. The lowest BCUT2D eigenvalue weighted by Crippen LogP contribution is -1.98. The van der Waals surface area contributed by atoms with Crippen LogP contribution in [-0.2, 0) is 11.3 Å². The molecule has 144 valence electrons. The van der Waals surface area contributed by atoms with E-state index in [4.69, 9.17) is 4.74 Å². The van der Waals surface area contributed by atoms with Gasteiger partial charge in [-0.15, -0.1) is 0 Å². The van der Waals surface area contributed by atoms with Crippen molar-refractivity contribution in [3.63, 3.8) is 0 Å². The lowest BCUT2D eigenvalue weighted by Gasteiger charge is -2.11. The number of hydrogen-bond donors (Lipinski definition) is 1. The quantitative estimate of drug-likeness (QED) is 0.358. The van der Waals surface area contributed by atoms with Gasteiger partial charge in [-0.1, -0.05) is 73.7 Å². The molecule has 1 N–H and O–H groups in total. The van der Waals surface area contributed by atoms with Crippen LogP contribution in [-0.4, -0.2) is 11.9 Å². The van der Waals surface area contributed by atoms with Gasteiger partial charge in [0, 0.05) is 0 Å². The van der Waals surface area contributed by atoms with E-state index in [1.165, 1.54) is 11.1 Å². The third-order valence-corrected chi connectivity index (χ3v) is 4.70. The topological polar surface area (TPSA) is 38.7 Å². The third-order valence-electron chi connectivity index (χ3n) is 4.70. The van der Waals surface area contributed by atoms with Crippen molar-refractivity contribution < 1.29 is 14.9 Å². The summed E-state index contributed by atoms with van der Waals surface area (Å²) in [6, 6.07) is 24.4. The summed E-state index contributed by atoms with van der Waals surface area (Å²) in [5.74, 6) is 0.845. The SMILES string of the molecule is CCOc1ccc(/C=C/C(OO)c2ccc(-c3ccc(CC)cc3)cc2)cc1. The van der Waals surface area contributed by atoms with Gasteiger partial charge in [-0.2, -0.15) is 0 Å². The minimum atomic E-state index is -0.525. The minimum Gasteiger partial charge on any atom is -0.494 e. The summed E-state index contributed by atoms with van der Waals surface area (Å²) in [6.45, 7) is 4.76. The Morgan fingerprint density at radius 3 is 1.96 bits per heavy atom. The second kappa shape index (κ2) is 9.88. The highest BCUT2D eigenvalue weighted by molar-refractivity contribution is 5.64. The molecule has 0 spiro atoms. The van der Waals surface area contributed by atoms with E-state index in [1.807, 2.05) is 67.6 Å². The molecule has 0 fully saturated rings. The minimum absolute atomic E-state index is 0.525. The normalized spacial score (nSPS) is 12.2. The van der Waals surface area contributed by atoms with E-state index in [0.29, 0.717) is 6.61 Å². The maximum Gasteiger partial charge on any atom is 0.136 e. The average Bonchev–Trinajstić information content (AvgIpc) is 2.76. The molecule has 3 aromatic rings. The summed E-state index contributed by atoms with van der Waals surface area (Å²) in [5, 5.41) is 9.34. The summed E-state index contributed by atoms with van der Waals surface area (Å²) >= 11 is 0. The van der Waals surface area contributed by atoms with Gasteiger partial charge in [0.1, 0.15) is 11.9 Å². The van der Waals surface area contributed by atoms with Gasteiger partial charge in [0.05, 0.1) is 6.61 Å². The first-order valence-corrected chi connectivity index (χ1v) is 9.64. The monoisotopic (exact) mass is 374 g/mol. The van der Waals surface area contributed by atoms with Gasteiger partial charge in [-0.3, -0.25) is 5.26 Å². The van der Waals surface area contributed by atoms with Crippen LogP contribution in [0.4, 0.5) is 0 Å². The first-order valence-electron chi connectivity index (χ1n) is 9.64. The van der Waals surface area contributed by atoms with Crippen molar-refractivity contribution in [1.82, 2.24) is 0 Å². The van der Waals surface area contributed by atoms with Crippen molar-refractivity contribution in [2.75, 3.05) is 6.61 Å². The Morgan fingerprint density at radius 1 is 0.821 bits per heavy atom. The van der Waals surface area contributed by atoms with Gasteiger partial charge in [0.2, 0.25) is 0 Å². The standard InChI is InChI=1S/C25H26O3/c1-3-19-5-10-21(11-6-19)22-12-14-23(15-13-22)25(28-26)18-9-20-7-16-24(17-8-20)27-4-2/h5-18,25-26H,3-4H2,1-2H3/b18-9+. The van der Waals surface area contributed by atoms with Crippen molar-refractivity contribution in [3.8, 4) is 16.9 Å². The Balaban J connectivity index is 1.71. The second-order valence-corrected chi connectivity index (χ2v) is 6.56. The van der Waals surface area contributed by atoms with Gasteiger partial charge >= 0.3 is 0 Å². The van der Waals surface area contributed by atoms with E-state index >= 15 is 0 Å². The van der Waals surface area contributed by atoms with Gasteiger partial charge in [-0.05, 0) is 59.4 Å². The Hall–Kier alpha value is -2.88. The maximum atomic E-state index is 9.34. The fourth-order valence-electron chi connectivity index (χ4n) is 3.05. The van der Waals surface area contributed by atoms with Crippen LogP contribution in [0.5, 0.6) is 5.75 Å². The molecule has 0 saturated carbocycles. The van der Waals surface area contributed by atoms with Crippen LogP contribution in [0.2, 0.25) is 0 Å². The first-order chi connectivity index (χ1) is 13.7. The molecule has 1 unspecified atom stereocenters. The molecule has 1 atom stereocenters. The lowest BCUT2D eigenvalue weighted by atomic mass is 10.00. The molecule has 3 rings (SSSR count). The number of aryl methyl sites for hydroxylation is 1. The van der Waals surface area contributed by atoms with Gasteiger partial charge in [0.25, 0.3) is 0 Å². The van der Waals surface area contributed by atoms with Gasteiger partial charge in [-0.25, -0.2) is 4.89 Å². The van der Waals surface area contributed by atoms with Crippen LogP contribution >= 0.6 is 0 Å². The van der Waals surface area contributed by atoms with E-state index in [1.54, 1.807) is 0 Å². The fourth-order valence-corrected chi connectivity index (χ4v) is 3.05. The molecule has 0 aliphatic rings. The molecule has 0 saturated heterocycles. The van der Waals surface area contributed by atoms with E-state index in [-0.39, 0.29) is 0 Å². The van der Waals surface area contributed by atoms with Crippen LogP contribution in [0.25, 0.3) is 17.2 Å². The zero-order valence-corrected chi connectivity index (χ0v) is 16.3. The lowest BCUT2D eigenvalue weighted by molar-refractivity contribution is -0.268. The number of rotatable bonds is 8.